The normalized spacial score (nSPS) is 17.4. The van der Waals surface area contributed by atoms with Gasteiger partial charge in [-0.25, -0.2) is 26.4 Å². The predicted molar refractivity (Wildman–Crippen MR) is 141 cm³/mol. The molecule has 0 aliphatic carbocycles. The van der Waals surface area contributed by atoms with Gasteiger partial charge in [0.05, 0.1) is 16.8 Å². The molecule has 1 aliphatic rings. The molecule has 1 atom stereocenters. The summed E-state index contributed by atoms with van der Waals surface area (Å²) in [4.78, 5) is 12.3. The first kappa shape index (κ1) is 31.2. The van der Waals surface area contributed by atoms with Crippen LogP contribution in [0.4, 0.5) is 37.7 Å². The first-order valence-electron chi connectivity index (χ1n) is 12.6. The standard InChI is InChI=1S/C28H26F6N2O5S/c1-27(30,31)11-10-20-15-36(19-6-4-3-5-7-19)23-13-22(28(32,33)34)24(14-25(23)42(39,40)35(20)2)41-16-17-12-18(29)8-9-21(17)26(37)38/h3-9,12-14,20H,10-11,15-16H2,1-2H3,(H,37,38)/t20-/m1/s1. The lowest BCUT2D eigenvalue weighted by molar-refractivity contribution is -0.139. The van der Waals surface area contributed by atoms with E-state index in [4.69, 9.17) is 4.74 Å². The summed E-state index contributed by atoms with van der Waals surface area (Å²) < 4.78 is 118. The van der Waals surface area contributed by atoms with E-state index < -0.39 is 74.8 Å². The number of rotatable bonds is 8. The minimum absolute atomic E-state index is 0.231. The molecule has 42 heavy (non-hydrogen) atoms. The Morgan fingerprint density at radius 1 is 1.05 bits per heavy atom. The third-order valence-corrected chi connectivity index (χ3v) is 8.83. The number of carboxylic acids is 1. The molecule has 0 spiro atoms. The molecule has 1 heterocycles. The molecule has 0 bridgehead atoms. The number of carbonyl (C=O) groups is 1. The smallest absolute Gasteiger partial charge is 0.420 e. The van der Waals surface area contributed by atoms with Gasteiger partial charge < -0.3 is 14.7 Å². The first-order chi connectivity index (χ1) is 19.5. The molecule has 0 saturated heterocycles. The number of alkyl halides is 5. The van der Waals surface area contributed by atoms with Crippen LogP contribution in [0.5, 0.6) is 5.75 Å². The van der Waals surface area contributed by atoms with E-state index in [9.17, 15) is 44.7 Å². The molecule has 0 aromatic heterocycles. The molecule has 14 heteroatoms. The van der Waals surface area contributed by atoms with Crippen LogP contribution >= 0.6 is 0 Å². The summed E-state index contributed by atoms with van der Waals surface area (Å²) in [6.45, 7) is -0.366. The second kappa shape index (κ2) is 11.5. The number of halogens is 6. The van der Waals surface area contributed by atoms with Crippen molar-refractivity contribution in [3.63, 3.8) is 0 Å². The van der Waals surface area contributed by atoms with Crippen molar-refractivity contribution in [2.45, 2.75) is 49.4 Å². The maximum Gasteiger partial charge on any atom is 0.420 e. The van der Waals surface area contributed by atoms with E-state index in [0.717, 1.165) is 29.6 Å². The second-order valence-corrected chi connectivity index (χ2v) is 11.9. The number of fused-ring (bicyclic) bond motifs is 1. The van der Waals surface area contributed by atoms with Crippen molar-refractivity contribution in [2.24, 2.45) is 0 Å². The lowest BCUT2D eigenvalue weighted by Gasteiger charge is -2.30. The SMILES string of the molecule is CN1[C@H](CCC(C)(F)F)CN(c2ccccc2)c2cc(C(F)(F)F)c(OCc3cc(F)ccc3C(=O)O)cc2S1(=O)=O. The number of nitrogens with zero attached hydrogens (tertiary/aromatic N) is 2. The number of anilines is 2. The number of hydrogen-bond donors (Lipinski definition) is 1. The number of aromatic carboxylic acids is 1. The van der Waals surface area contributed by atoms with E-state index in [0.29, 0.717) is 24.7 Å². The summed E-state index contributed by atoms with van der Waals surface area (Å²) in [6.07, 6.45) is -6.02. The largest absolute Gasteiger partial charge is 0.488 e. The highest BCUT2D eigenvalue weighted by Gasteiger charge is 2.42. The van der Waals surface area contributed by atoms with Gasteiger partial charge in [-0.15, -0.1) is 0 Å². The Bertz CT molecular complexity index is 1580. The molecular formula is C28H26F6N2O5S. The van der Waals surface area contributed by atoms with Gasteiger partial charge in [0.1, 0.15) is 23.1 Å². The molecule has 0 unspecified atom stereocenters. The molecule has 0 radical (unpaired) electrons. The van der Waals surface area contributed by atoms with Gasteiger partial charge in [0.2, 0.25) is 15.9 Å². The average molecular weight is 617 g/mol. The topological polar surface area (TPSA) is 87.2 Å². The highest BCUT2D eigenvalue weighted by Crippen LogP contribution is 2.46. The van der Waals surface area contributed by atoms with E-state index in [-0.39, 0.29) is 24.2 Å². The summed E-state index contributed by atoms with van der Waals surface area (Å²) in [7, 11) is -3.40. The Balaban J connectivity index is 1.89. The van der Waals surface area contributed by atoms with Crippen LogP contribution < -0.4 is 9.64 Å². The number of hydrogen-bond acceptors (Lipinski definition) is 5. The predicted octanol–water partition coefficient (Wildman–Crippen LogP) is 6.70. The van der Waals surface area contributed by atoms with Crippen molar-refractivity contribution in [1.29, 1.82) is 0 Å². The van der Waals surface area contributed by atoms with E-state index in [1.54, 1.807) is 30.3 Å². The number of likely N-dealkylation sites (N-methyl/N-ethyl adjacent to an activating group) is 1. The molecule has 7 nitrogen and oxygen atoms in total. The lowest BCUT2D eigenvalue weighted by atomic mass is 10.1. The summed E-state index contributed by atoms with van der Waals surface area (Å²) in [5.74, 6) is -6.39. The lowest BCUT2D eigenvalue weighted by Crippen LogP contribution is -2.41. The molecule has 3 aromatic carbocycles. The molecule has 1 N–H and O–H groups in total. The molecule has 1 aliphatic heterocycles. The van der Waals surface area contributed by atoms with Gasteiger partial charge in [-0.2, -0.15) is 17.5 Å². The van der Waals surface area contributed by atoms with Crippen LogP contribution in [0, 0.1) is 5.82 Å². The molecule has 0 fully saturated rings. The number of carboxylic acid groups (broad SMARTS) is 1. The van der Waals surface area contributed by atoms with Gasteiger partial charge in [0.25, 0.3) is 0 Å². The van der Waals surface area contributed by atoms with Crippen LogP contribution in [-0.4, -0.2) is 49.4 Å². The van der Waals surface area contributed by atoms with Gasteiger partial charge in [-0.05, 0) is 49.7 Å². The zero-order valence-electron chi connectivity index (χ0n) is 22.3. The molecule has 226 valence electrons. The van der Waals surface area contributed by atoms with Crippen molar-refractivity contribution in [1.82, 2.24) is 4.31 Å². The van der Waals surface area contributed by atoms with Crippen LogP contribution in [0.2, 0.25) is 0 Å². The van der Waals surface area contributed by atoms with Crippen LogP contribution in [0.15, 0.2) is 65.6 Å². The van der Waals surface area contributed by atoms with Crippen LogP contribution in [0.1, 0.15) is 41.3 Å². The molecular weight excluding hydrogens is 590 g/mol. The Morgan fingerprint density at radius 2 is 1.71 bits per heavy atom. The number of ether oxygens (including phenoxy) is 1. The fourth-order valence-corrected chi connectivity index (χ4v) is 6.24. The molecule has 0 amide bonds. The van der Waals surface area contributed by atoms with Gasteiger partial charge >= 0.3 is 12.1 Å². The van der Waals surface area contributed by atoms with Crippen molar-refractivity contribution in [3.05, 3.63) is 83.2 Å². The van der Waals surface area contributed by atoms with Crippen molar-refractivity contribution >= 4 is 27.4 Å². The van der Waals surface area contributed by atoms with Crippen LogP contribution in [0.3, 0.4) is 0 Å². The number of sulfonamides is 1. The maximum absolute atomic E-state index is 14.3. The Kier molecular flexibility index (Phi) is 8.52. The van der Waals surface area contributed by atoms with Gasteiger partial charge in [-0.3, -0.25) is 0 Å². The summed E-state index contributed by atoms with van der Waals surface area (Å²) in [5.41, 5.74) is -2.10. The highest BCUT2D eigenvalue weighted by atomic mass is 32.2. The zero-order chi connectivity index (χ0) is 31.0. The quantitative estimate of drug-likeness (QED) is 0.284. The minimum atomic E-state index is -5.06. The molecule has 3 aromatic rings. The summed E-state index contributed by atoms with van der Waals surface area (Å²) in [6, 6.07) is 10.7. The number of benzene rings is 3. The Labute approximate surface area is 238 Å². The molecule has 4 rings (SSSR count). The third kappa shape index (κ3) is 6.65. The van der Waals surface area contributed by atoms with E-state index >= 15 is 0 Å². The maximum atomic E-state index is 14.3. The Morgan fingerprint density at radius 3 is 2.31 bits per heavy atom. The molecule has 0 saturated carbocycles. The van der Waals surface area contributed by atoms with Crippen LogP contribution in [-0.2, 0) is 22.8 Å². The minimum Gasteiger partial charge on any atom is -0.488 e. The second-order valence-electron chi connectivity index (χ2n) is 9.94. The van der Waals surface area contributed by atoms with E-state index in [1.165, 1.54) is 4.90 Å². The first-order valence-corrected chi connectivity index (χ1v) is 14.0. The fourth-order valence-electron chi connectivity index (χ4n) is 4.68. The third-order valence-electron chi connectivity index (χ3n) is 6.89. The summed E-state index contributed by atoms with van der Waals surface area (Å²) in [5, 5.41) is 9.39. The van der Waals surface area contributed by atoms with Crippen molar-refractivity contribution < 1.29 is 49.4 Å². The fraction of sp³-hybridized carbons (Fsp3) is 0.321. The zero-order valence-corrected chi connectivity index (χ0v) is 23.1. The van der Waals surface area contributed by atoms with Crippen LogP contribution in [0.25, 0.3) is 0 Å². The highest BCUT2D eigenvalue weighted by molar-refractivity contribution is 7.89. The Hall–Kier alpha value is -3.78. The van der Waals surface area contributed by atoms with Gasteiger partial charge in [0, 0.05) is 43.4 Å². The van der Waals surface area contributed by atoms with Gasteiger partial charge in [0.15, 0.2) is 0 Å². The van der Waals surface area contributed by atoms with E-state index in [1.807, 2.05) is 0 Å². The van der Waals surface area contributed by atoms with Crippen molar-refractivity contribution in [2.75, 3.05) is 18.5 Å². The number of para-hydroxylation sites is 1. The van der Waals surface area contributed by atoms with Crippen molar-refractivity contribution in [3.8, 4) is 5.75 Å². The average Bonchev–Trinajstić information content (AvgIpc) is 2.98. The summed E-state index contributed by atoms with van der Waals surface area (Å²) >= 11 is 0. The monoisotopic (exact) mass is 616 g/mol. The van der Waals surface area contributed by atoms with E-state index in [2.05, 4.69) is 0 Å². The van der Waals surface area contributed by atoms with Gasteiger partial charge in [-0.1, -0.05) is 18.2 Å².